The Balaban J connectivity index is 2.61. The van der Waals surface area contributed by atoms with Gasteiger partial charge in [0.1, 0.15) is 11.9 Å². The standard InChI is InChI=1S/C12H12N4O/c1-9(17)15-5-3-2-4-10-6-11(7-13)12(14)16-8-10/h6,8H,3,5H2,1H3,(H2,14,16)(H,15,17). The van der Waals surface area contributed by atoms with Gasteiger partial charge in [0.25, 0.3) is 0 Å². The lowest BCUT2D eigenvalue weighted by Gasteiger charge is -1.96. The Morgan fingerprint density at radius 3 is 3.06 bits per heavy atom. The lowest BCUT2D eigenvalue weighted by atomic mass is 10.2. The van der Waals surface area contributed by atoms with Crippen molar-refractivity contribution in [1.82, 2.24) is 10.3 Å². The maximum atomic E-state index is 10.6. The minimum atomic E-state index is -0.0762. The van der Waals surface area contributed by atoms with E-state index in [-0.39, 0.29) is 11.7 Å². The first-order chi connectivity index (χ1) is 8.13. The predicted molar refractivity (Wildman–Crippen MR) is 63.5 cm³/mol. The first kappa shape index (κ1) is 12.5. The van der Waals surface area contributed by atoms with Gasteiger partial charge in [-0.15, -0.1) is 0 Å². The molecule has 1 heterocycles. The molecule has 0 radical (unpaired) electrons. The van der Waals surface area contributed by atoms with Crippen LogP contribution in [-0.2, 0) is 4.79 Å². The summed E-state index contributed by atoms with van der Waals surface area (Å²) < 4.78 is 0. The molecular formula is C12H12N4O. The summed E-state index contributed by atoms with van der Waals surface area (Å²) in [5.74, 6) is 5.85. The second kappa shape index (κ2) is 6.14. The maximum Gasteiger partial charge on any atom is 0.216 e. The summed E-state index contributed by atoms with van der Waals surface area (Å²) in [5.41, 5.74) is 6.44. The number of nitriles is 1. The van der Waals surface area contributed by atoms with Crippen molar-refractivity contribution in [3.63, 3.8) is 0 Å². The first-order valence-electron chi connectivity index (χ1n) is 5.02. The molecule has 0 bridgehead atoms. The number of amides is 1. The van der Waals surface area contributed by atoms with E-state index in [1.54, 1.807) is 6.07 Å². The van der Waals surface area contributed by atoms with E-state index in [9.17, 15) is 4.79 Å². The fourth-order valence-corrected chi connectivity index (χ4v) is 1.10. The number of carbonyl (C=O) groups is 1. The Hall–Kier alpha value is -2.53. The fraction of sp³-hybridized carbons (Fsp3) is 0.250. The number of aromatic nitrogens is 1. The van der Waals surface area contributed by atoms with E-state index in [1.807, 2.05) is 6.07 Å². The molecule has 0 saturated carbocycles. The SMILES string of the molecule is CC(=O)NCCC#Cc1cnc(N)c(C#N)c1. The van der Waals surface area contributed by atoms with Gasteiger partial charge in [-0.05, 0) is 6.07 Å². The summed E-state index contributed by atoms with van der Waals surface area (Å²) in [6.07, 6.45) is 2.06. The molecule has 0 aliphatic carbocycles. The number of nitrogens with zero attached hydrogens (tertiary/aromatic N) is 2. The van der Waals surface area contributed by atoms with Gasteiger partial charge in [-0.3, -0.25) is 4.79 Å². The van der Waals surface area contributed by atoms with Crippen molar-refractivity contribution < 1.29 is 4.79 Å². The molecule has 1 rings (SSSR count). The highest BCUT2D eigenvalue weighted by Gasteiger charge is 1.99. The molecule has 3 N–H and O–H groups in total. The van der Waals surface area contributed by atoms with Crippen molar-refractivity contribution in [2.24, 2.45) is 0 Å². The van der Waals surface area contributed by atoms with E-state index in [1.165, 1.54) is 13.1 Å². The van der Waals surface area contributed by atoms with Crippen LogP contribution in [0.2, 0.25) is 0 Å². The van der Waals surface area contributed by atoms with Crippen LogP contribution in [0.3, 0.4) is 0 Å². The molecule has 17 heavy (non-hydrogen) atoms. The molecule has 0 atom stereocenters. The molecule has 0 spiro atoms. The Kier molecular flexibility index (Phi) is 4.53. The van der Waals surface area contributed by atoms with Crippen LogP contribution in [0, 0.1) is 23.2 Å². The Morgan fingerprint density at radius 2 is 2.41 bits per heavy atom. The van der Waals surface area contributed by atoms with Gasteiger partial charge >= 0.3 is 0 Å². The molecule has 5 heteroatoms. The number of nitrogens with one attached hydrogen (secondary N) is 1. The van der Waals surface area contributed by atoms with Gasteiger partial charge in [0.15, 0.2) is 0 Å². The average Bonchev–Trinajstić information content (AvgIpc) is 2.30. The highest BCUT2D eigenvalue weighted by atomic mass is 16.1. The van der Waals surface area contributed by atoms with Crippen LogP contribution in [0.4, 0.5) is 5.82 Å². The highest BCUT2D eigenvalue weighted by molar-refractivity contribution is 5.72. The summed E-state index contributed by atoms with van der Waals surface area (Å²) in [7, 11) is 0. The molecule has 0 fully saturated rings. The van der Waals surface area contributed by atoms with Crippen LogP contribution in [0.5, 0.6) is 0 Å². The van der Waals surface area contributed by atoms with Crippen molar-refractivity contribution in [3.05, 3.63) is 23.4 Å². The van der Waals surface area contributed by atoms with E-state index in [0.29, 0.717) is 24.1 Å². The molecule has 1 aromatic heterocycles. The van der Waals surface area contributed by atoms with E-state index < -0.39 is 0 Å². The summed E-state index contributed by atoms with van der Waals surface area (Å²) >= 11 is 0. The zero-order chi connectivity index (χ0) is 12.7. The number of hydrogen-bond donors (Lipinski definition) is 2. The zero-order valence-electron chi connectivity index (χ0n) is 9.45. The highest BCUT2D eigenvalue weighted by Crippen LogP contribution is 2.08. The van der Waals surface area contributed by atoms with Gasteiger partial charge in [-0.1, -0.05) is 11.8 Å². The van der Waals surface area contributed by atoms with Gasteiger partial charge in [-0.2, -0.15) is 5.26 Å². The van der Waals surface area contributed by atoms with Crippen molar-refractivity contribution in [2.45, 2.75) is 13.3 Å². The first-order valence-corrected chi connectivity index (χ1v) is 5.02. The quantitative estimate of drug-likeness (QED) is 0.566. The number of rotatable bonds is 2. The minimum Gasteiger partial charge on any atom is -0.383 e. The Morgan fingerprint density at radius 1 is 1.65 bits per heavy atom. The summed E-state index contributed by atoms with van der Waals surface area (Å²) in [5, 5.41) is 11.4. The summed E-state index contributed by atoms with van der Waals surface area (Å²) in [6, 6.07) is 3.53. The zero-order valence-corrected chi connectivity index (χ0v) is 9.45. The number of carbonyl (C=O) groups excluding carboxylic acids is 1. The Labute approximate surface area is 99.6 Å². The van der Waals surface area contributed by atoms with Crippen LogP contribution in [0.1, 0.15) is 24.5 Å². The third-order valence-corrected chi connectivity index (χ3v) is 1.90. The fourth-order valence-electron chi connectivity index (χ4n) is 1.10. The normalized spacial score (nSPS) is 8.71. The van der Waals surface area contributed by atoms with Gasteiger partial charge in [0.05, 0.1) is 5.56 Å². The van der Waals surface area contributed by atoms with Crippen molar-refractivity contribution in [1.29, 1.82) is 5.26 Å². The molecule has 1 amide bonds. The molecule has 86 valence electrons. The number of pyridine rings is 1. The molecular weight excluding hydrogens is 216 g/mol. The van der Waals surface area contributed by atoms with Crippen LogP contribution >= 0.6 is 0 Å². The van der Waals surface area contributed by atoms with Gasteiger partial charge < -0.3 is 11.1 Å². The average molecular weight is 228 g/mol. The number of nitrogens with two attached hydrogens (primary N) is 1. The Bertz CT molecular complexity index is 520. The number of anilines is 1. The third kappa shape index (κ3) is 4.23. The van der Waals surface area contributed by atoms with Gasteiger partial charge in [-0.25, -0.2) is 4.98 Å². The lowest BCUT2D eigenvalue weighted by molar-refractivity contribution is -0.118. The third-order valence-electron chi connectivity index (χ3n) is 1.90. The molecule has 0 aromatic carbocycles. The number of hydrogen-bond acceptors (Lipinski definition) is 4. The maximum absolute atomic E-state index is 10.6. The van der Waals surface area contributed by atoms with E-state index >= 15 is 0 Å². The molecule has 0 aliphatic heterocycles. The van der Waals surface area contributed by atoms with Crippen molar-refractivity contribution in [3.8, 4) is 17.9 Å². The van der Waals surface area contributed by atoms with E-state index in [4.69, 9.17) is 11.0 Å². The summed E-state index contributed by atoms with van der Waals surface area (Å²) in [4.78, 5) is 14.4. The van der Waals surface area contributed by atoms with Crippen molar-refractivity contribution >= 4 is 11.7 Å². The second-order valence-corrected chi connectivity index (χ2v) is 3.30. The summed E-state index contributed by atoms with van der Waals surface area (Å²) in [6.45, 7) is 1.96. The van der Waals surface area contributed by atoms with Crippen LogP contribution < -0.4 is 11.1 Å². The van der Waals surface area contributed by atoms with Crippen LogP contribution in [0.15, 0.2) is 12.3 Å². The van der Waals surface area contributed by atoms with E-state index in [2.05, 4.69) is 22.1 Å². The molecule has 0 unspecified atom stereocenters. The largest absolute Gasteiger partial charge is 0.383 e. The van der Waals surface area contributed by atoms with Gasteiger partial charge in [0, 0.05) is 31.6 Å². The monoisotopic (exact) mass is 228 g/mol. The number of nitrogen functional groups attached to an aromatic ring is 1. The predicted octanol–water partition coefficient (Wildman–Crippen LogP) is 0.413. The lowest BCUT2D eigenvalue weighted by Crippen LogP contribution is -2.20. The van der Waals surface area contributed by atoms with Crippen molar-refractivity contribution in [2.75, 3.05) is 12.3 Å². The molecule has 0 aliphatic rings. The van der Waals surface area contributed by atoms with Gasteiger partial charge in [0.2, 0.25) is 5.91 Å². The molecule has 1 aromatic rings. The van der Waals surface area contributed by atoms with Crippen LogP contribution in [0.25, 0.3) is 0 Å². The molecule has 0 saturated heterocycles. The molecule has 5 nitrogen and oxygen atoms in total. The van der Waals surface area contributed by atoms with Crippen LogP contribution in [-0.4, -0.2) is 17.4 Å². The topological polar surface area (TPSA) is 91.8 Å². The second-order valence-electron chi connectivity index (χ2n) is 3.30. The smallest absolute Gasteiger partial charge is 0.216 e. The van der Waals surface area contributed by atoms with E-state index in [0.717, 1.165) is 0 Å². The minimum absolute atomic E-state index is 0.0762.